The number of rotatable bonds is 2. The van der Waals surface area contributed by atoms with Crippen molar-refractivity contribution >= 4 is 0 Å². The highest BCUT2D eigenvalue weighted by molar-refractivity contribution is 5.43. The Morgan fingerprint density at radius 3 is 2.41 bits per heavy atom. The van der Waals surface area contributed by atoms with E-state index in [0.29, 0.717) is 12.1 Å². The molecular weight excluding hydrogens is 210 g/mol. The number of methoxy groups -OCH3 is 1. The van der Waals surface area contributed by atoms with Gasteiger partial charge in [-0.15, -0.1) is 0 Å². The summed E-state index contributed by atoms with van der Waals surface area (Å²) >= 11 is 0. The number of benzene rings is 1. The van der Waals surface area contributed by atoms with E-state index in [-0.39, 0.29) is 5.41 Å². The molecule has 0 bridgehead atoms. The first-order valence-corrected chi connectivity index (χ1v) is 6.36. The summed E-state index contributed by atoms with van der Waals surface area (Å²) in [5.41, 5.74) is 2.80. The molecule has 0 amide bonds. The van der Waals surface area contributed by atoms with Gasteiger partial charge in [-0.1, -0.05) is 32.9 Å². The Morgan fingerprint density at radius 2 is 1.94 bits per heavy atom. The van der Waals surface area contributed by atoms with E-state index in [9.17, 15) is 0 Å². The molecule has 1 heterocycles. The van der Waals surface area contributed by atoms with Crippen molar-refractivity contribution in [3.63, 3.8) is 0 Å². The van der Waals surface area contributed by atoms with Crippen LogP contribution in [0.3, 0.4) is 0 Å². The minimum absolute atomic E-state index is 0.122. The highest BCUT2D eigenvalue weighted by Crippen LogP contribution is 2.36. The molecule has 0 saturated carbocycles. The van der Waals surface area contributed by atoms with Gasteiger partial charge in [-0.2, -0.15) is 0 Å². The molecule has 0 aliphatic carbocycles. The van der Waals surface area contributed by atoms with Gasteiger partial charge in [0.05, 0.1) is 7.11 Å². The molecule has 1 N–H and O–H groups in total. The maximum Gasteiger partial charge on any atom is 0.122 e. The largest absolute Gasteiger partial charge is 0.496 e. The van der Waals surface area contributed by atoms with Crippen molar-refractivity contribution in [1.29, 1.82) is 0 Å². The topological polar surface area (TPSA) is 21.3 Å². The number of ether oxygens (including phenoxy) is 1. The summed E-state index contributed by atoms with van der Waals surface area (Å²) in [4.78, 5) is 0. The highest BCUT2D eigenvalue weighted by atomic mass is 16.5. The van der Waals surface area contributed by atoms with Gasteiger partial charge in [-0.25, -0.2) is 0 Å². The van der Waals surface area contributed by atoms with Crippen LogP contribution in [0.1, 0.15) is 51.3 Å². The van der Waals surface area contributed by atoms with Crippen molar-refractivity contribution < 1.29 is 4.74 Å². The molecule has 94 valence electrons. The number of hydrogen-bond donors (Lipinski definition) is 1. The summed E-state index contributed by atoms with van der Waals surface area (Å²) in [7, 11) is 1.74. The van der Waals surface area contributed by atoms with Crippen molar-refractivity contribution in [3.8, 4) is 5.75 Å². The second kappa shape index (κ2) is 4.34. The zero-order chi connectivity index (χ0) is 12.6. The van der Waals surface area contributed by atoms with E-state index < -0.39 is 0 Å². The first kappa shape index (κ1) is 12.4. The molecule has 2 heteroatoms. The van der Waals surface area contributed by atoms with Crippen molar-refractivity contribution in [3.05, 3.63) is 29.3 Å². The van der Waals surface area contributed by atoms with Crippen LogP contribution < -0.4 is 10.1 Å². The molecule has 2 unspecified atom stereocenters. The molecule has 1 aromatic rings. The quantitative estimate of drug-likeness (QED) is 0.845. The lowest BCUT2D eigenvalue weighted by Crippen LogP contribution is -2.43. The zero-order valence-corrected chi connectivity index (χ0v) is 11.5. The molecule has 0 radical (unpaired) electrons. The number of nitrogens with one attached hydrogen (secondary N) is 1. The molecule has 1 fully saturated rings. The lowest BCUT2D eigenvalue weighted by Gasteiger charge is -2.36. The Balaban J connectivity index is 2.32. The van der Waals surface area contributed by atoms with Gasteiger partial charge in [0, 0.05) is 12.1 Å². The third kappa shape index (κ3) is 2.47. The predicted molar refractivity (Wildman–Crippen MR) is 71.6 cm³/mol. The van der Waals surface area contributed by atoms with Gasteiger partial charge in [0.15, 0.2) is 0 Å². The SMILES string of the molecule is COc1ccc(C2CC(C)N2)cc1C(C)(C)C. The third-order valence-corrected chi connectivity index (χ3v) is 3.51. The van der Waals surface area contributed by atoms with Gasteiger partial charge in [0.2, 0.25) is 0 Å². The third-order valence-electron chi connectivity index (χ3n) is 3.51. The van der Waals surface area contributed by atoms with Crippen molar-refractivity contribution in [1.82, 2.24) is 5.32 Å². The molecule has 1 saturated heterocycles. The fraction of sp³-hybridized carbons (Fsp3) is 0.600. The molecule has 2 atom stereocenters. The first-order valence-electron chi connectivity index (χ1n) is 6.36. The maximum atomic E-state index is 5.46. The summed E-state index contributed by atoms with van der Waals surface area (Å²) in [6.45, 7) is 8.91. The van der Waals surface area contributed by atoms with Crippen LogP contribution in [0.4, 0.5) is 0 Å². The second-order valence-electron chi connectivity index (χ2n) is 6.07. The monoisotopic (exact) mass is 233 g/mol. The zero-order valence-electron chi connectivity index (χ0n) is 11.5. The second-order valence-corrected chi connectivity index (χ2v) is 6.07. The van der Waals surface area contributed by atoms with E-state index in [0.717, 1.165) is 5.75 Å². The minimum atomic E-state index is 0.122. The Labute approximate surface area is 104 Å². The van der Waals surface area contributed by atoms with Gasteiger partial charge >= 0.3 is 0 Å². The van der Waals surface area contributed by atoms with Crippen LogP contribution in [0.25, 0.3) is 0 Å². The Kier molecular flexibility index (Phi) is 3.17. The lowest BCUT2D eigenvalue weighted by atomic mass is 9.83. The fourth-order valence-corrected chi connectivity index (χ4v) is 2.43. The summed E-state index contributed by atoms with van der Waals surface area (Å²) in [5, 5.41) is 3.53. The van der Waals surface area contributed by atoms with Crippen LogP contribution in [-0.2, 0) is 5.41 Å². The van der Waals surface area contributed by atoms with E-state index in [1.807, 2.05) is 0 Å². The highest BCUT2D eigenvalue weighted by Gasteiger charge is 2.27. The summed E-state index contributed by atoms with van der Waals surface area (Å²) in [6, 6.07) is 7.75. The van der Waals surface area contributed by atoms with Gasteiger partial charge in [-0.3, -0.25) is 0 Å². The Bertz CT molecular complexity index is 400. The van der Waals surface area contributed by atoms with Crippen molar-refractivity contribution in [2.24, 2.45) is 0 Å². The average Bonchev–Trinajstić information content (AvgIpc) is 2.23. The minimum Gasteiger partial charge on any atom is -0.496 e. The van der Waals surface area contributed by atoms with Gasteiger partial charge in [-0.05, 0) is 36.0 Å². The van der Waals surface area contributed by atoms with Gasteiger partial charge in [0.25, 0.3) is 0 Å². The van der Waals surface area contributed by atoms with Gasteiger partial charge in [0.1, 0.15) is 5.75 Å². The normalized spacial score (nSPS) is 24.3. The molecule has 1 aliphatic rings. The maximum absolute atomic E-state index is 5.46. The van der Waals surface area contributed by atoms with Crippen LogP contribution >= 0.6 is 0 Å². The van der Waals surface area contributed by atoms with E-state index in [1.165, 1.54) is 17.5 Å². The fourth-order valence-electron chi connectivity index (χ4n) is 2.43. The predicted octanol–water partition coefficient (Wildman–Crippen LogP) is 3.42. The van der Waals surface area contributed by atoms with Crippen LogP contribution in [0, 0.1) is 0 Å². The van der Waals surface area contributed by atoms with Crippen LogP contribution in [0.5, 0.6) is 5.75 Å². The molecule has 1 aromatic carbocycles. The summed E-state index contributed by atoms with van der Waals surface area (Å²) in [6.07, 6.45) is 1.23. The molecule has 2 nitrogen and oxygen atoms in total. The van der Waals surface area contributed by atoms with Crippen molar-refractivity contribution in [2.45, 2.75) is 51.6 Å². The smallest absolute Gasteiger partial charge is 0.122 e. The molecule has 2 rings (SSSR count). The Hall–Kier alpha value is -1.02. The van der Waals surface area contributed by atoms with E-state index >= 15 is 0 Å². The lowest BCUT2D eigenvalue weighted by molar-refractivity contribution is 0.287. The van der Waals surface area contributed by atoms with E-state index in [2.05, 4.69) is 51.2 Å². The average molecular weight is 233 g/mol. The molecule has 0 aromatic heterocycles. The molecule has 1 aliphatic heterocycles. The number of hydrogen-bond acceptors (Lipinski definition) is 2. The molecule has 0 spiro atoms. The van der Waals surface area contributed by atoms with Crippen LogP contribution in [0.15, 0.2) is 18.2 Å². The van der Waals surface area contributed by atoms with Gasteiger partial charge < -0.3 is 10.1 Å². The molecular formula is C15H23NO. The van der Waals surface area contributed by atoms with Crippen LogP contribution in [-0.4, -0.2) is 13.2 Å². The summed E-state index contributed by atoms with van der Waals surface area (Å²) in [5.74, 6) is 0.994. The Morgan fingerprint density at radius 1 is 1.29 bits per heavy atom. The van der Waals surface area contributed by atoms with E-state index in [4.69, 9.17) is 4.74 Å². The van der Waals surface area contributed by atoms with Crippen molar-refractivity contribution in [2.75, 3.05) is 7.11 Å². The standard InChI is InChI=1S/C15H23NO/c1-10-8-13(16-10)11-6-7-14(17-5)12(9-11)15(2,3)4/h6-7,9-10,13,16H,8H2,1-5H3. The van der Waals surface area contributed by atoms with Crippen LogP contribution in [0.2, 0.25) is 0 Å². The molecule has 17 heavy (non-hydrogen) atoms. The summed E-state index contributed by atoms with van der Waals surface area (Å²) < 4.78 is 5.46. The van der Waals surface area contributed by atoms with E-state index in [1.54, 1.807) is 7.11 Å². The first-order chi connectivity index (χ1) is 7.91.